The van der Waals surface area contributed by atoms with Gasteiger partial charge in [-0.3, -0.25) is 9.59 Å². The summed E-state index contributed by atoms with van der Waals surface area (Å²) in [6, 6.07) is 0. The molecule has 0 saturated carbocycles. The fourth-order valence-electron chi connectivity index (χ4n) is 0.249. The molecule has 2 N–H and O–H groups in total. The molecule has 11 heavy (non-hydrogen) atoms. The number of carbonyl (C=O) groups is 2. The zero-order valence-electron chi connectivity index (χ0n) is 6.55. The minimum atomic E-state index is -0.136. The van der Waals surface area contributed by atoms with E-state index in [1.807, 2.05) is 0 Å². The molecule has 0 atom stereocenters. The molecular formula is C6H12O5. The van der Waals surface area contributed by atoms with Gasteiger partial charge >= 0.3 is 0 Å². The normalized spacial score (nSPS) is 8.55. The second-order valence-electron chi connectivity index (χ2n) is 1.93. The molecule has 0 amide bonds. The van der Waals surface area contributed by atoms with E-state index in [9.17, 15) is 9.59 Å². The lowest BCUT2D eigenvalue weighted by atomic mass is 10.5. The molecular weight excluding hydrogens is 152 g/mol. The van der Waals surface area contributed by atoms with Crippen LogP contribution in [0.3, 0.4) is 0 Å². The third-order valence-corrected chi connectivity index (χ3v) is 0.608. The summed E-state index contributed by atoms with van der Waals surface area (Å²) in [5.41, 5.74) is 0. The highest BCUT2D eigenvalue weighted by Gasteiger charge is 1.95. The summed E-state index contributed by atoms with van der Waals surface area (Å²) >= 11 is 0. The van der Waals surface area contributed by atoms with Gasteiger partial charge in [0.25, 0.3) is 0 Å². The van der Waals surface area contributed by atoms with Crippen molar-refractivity contribution in [2.45, 2.75) is 13.8 Å². The second-order valence-corrected chi connectivity index (χ2v) is 1.93. The molecule has 0 radical (unpaired) electrons. The van der Waals surface area contributed by atoms with Crippen molar-refractivity contribution < 1.29 is 24.8 Å². The summed E-state index contributed by atoms with van der Waals surface area (Å²) in [5.74, 6) is -0.271. The summed E-state index contributed by atoms with van der Waals surface area (Å²) in [6.07, 6.45) is 0. The number of hydrogen-bond acceptors (Lipinski definition) is 4. The molecule has 66 valence electrons. The van der Waals surface area contributed by atoms with E-state index in [0.29, 0.717) is 0 Å². The third kappa shape index (κ3) is 12.4. The molecule has 0 rings (SSSR count). The predicted molar refractivity (Wildman–Crippen MR) is 36.9 cm³/mol. The second kappa shape index (κ2) is 7.33. The van der Waals surface area contributed by atoms with Crippen molar-refractivity contribution in [1.29, 1.82) is 0 Å². The Morgan fingerprint density at radius 3 is 1.45 bits per heavy atom. The van der Waals surface area contributed by atoms with Crippen LogP contribution in [-0.2, 0) is 19.4 Å². The van der Waals surface area contributed by atoms with Crippen LogP contribution in [0.1, 0.15) is 13.8 Å². The average molecular weight is 164 g/mol. The molecule has 0 spiro atoms. The molecule has 5 nitrogen and oxygen atoms in total. The van der Waals surface area contributed by atoms with Crippen LogP contribution in [0.2, 0.25) is 0 Å². The van der Waals surface area contributed by atoms with Crippen molar-refractivity contribution in [3.05, 3.63) is 0 Å². The van der Waals surface area contributed by atoms with Crippen molar-refractivity contribution in [3.8, 4) is 0 Å². The smallest absolute Gasteiger partial charge is 0.158 e. The van der Waals surface area contributed by atoms with E-state index in [2.05, 4.69) is 9.78 Å². The first-order valence-electron chi connectivity index (χ1n) is 2.86. The Balaban J connectivity index is 0. The lowest BCUT2D eigenvalue weighted by molar-refractivity contribution is -0.282. The van der Waals surface area contributed by atoms with E-state index in [-0.39, 0.29) is 30.3 Å². The molecule has 0 heterocycles. The van der Waals surface area contributed by atoms with Gasteiger partial charge in [0.1, 0.15) is 13.2 Å². The first-order valence-corrected chi connectivity index (χ1v) is 2.86. The van der Waals surface area contributed by atoms with Gasteiger partial charge in [0.15, 0.2) is 11.6 Å². The molecule has 0 saturated heterocycles. The Morgan fingerprint density at radius 2 is 1.27 bits per heavy atom. The van der Waals surface area contributed by atoms with E-state index >= 15 is 0 Å². The van der Waals surface area contributed by atoms with Crippen molar-refractivity contribution in [3.63, 3.8) is 0 Å². The Hall–Kier alpha value is -0.780. The number of rotatable bonds is 5. The summed E-state index contributed by atoms with van der Waals surface area (Å²) in [6.45, 7) is 2.54. The fourth-order valence-corrected chi connectivity index (χ4v) is 0.249. The van der Waals surface area contributed by atoms with Crippen LogP contribution >= 0.6 is 0 Å². The van der Waals surface area contributed by atoms with E-state index < -0.39 is 0 Å². The topological polar surface area (TPSA) is 84.1 Å². The van der Waals surface area contributed by atoms with E-state index in [1.54, 1.807) is 0 Å². The van der Waals surface area contributed by atoms with E-state index in [0.717, 1.165) is 0 Å². The molecule has 0 unspecified atom stereocenters. The van der Waals surface area contributed by atoms with Gasteiger partial charge in [-0.2, -0.15) is 0 Å². The molecule has 0 aliphatic rings. The lowest BCUT2D eigenvalue weighted by Gasteiger charge is -1.97. The molecule has 0 aliphatic carbocycles. The fraction of sp³-hybridized carbons (Fsp3) is 0.667. The summed E-state index contributed by atoms with van der Waals surface area (Å²) < 4.78 is 0. The van der Waals surface area contributed by atoms with Crippen LogP contribution in [0.5, 0.6) is 0 Å². The number of Topliss-reactive ketones (excluding diaryl/α,β-unsaturated/α-hetero) is 2. The molecule has 0 aliphatic heterocycles. The van der Waals surface area contributed by atoms with Crippen LogP contribution in [0.25, 0.3) is 0 Å². The maximum atomic E-state index is 10.2. The summed E-state index contributed by atoms with van der Waals surface area (Å²) in [4.78, 5) is 29.1. The Labute approximate surface area is 64.5 Å². The zero-order valence-corrected chi connectivity index (χ0v) is 6.55. The van der Waals surface area contributed by atoms with Gasteiger partial charge in [-0.25, -0.2) is 9.78 Å². The largest absolute Gasteiger partial charge is 0.412 e. The highest BCUT2D eigenvalue weighted by atomic mass is 17.2. The van der Waals surface area contributed by atoms with Crippen LogP contribution in [0, 0.1) is 0 Å². The average Bonchev–Trinajstić information content (AvgIpc) is 1.79. The maximum absolute atomic E-state index is 10.2. The van der Waals surface area contributed by atoms with Gasteiger partial charge in [0.2, 0.25) is 0 Å². The van der Waals surface area contributed by atoms with Crippen molar-refractivity contribution in [2.24, 2.45) is 0 Å². The quantitative estimate of drug-likeness (QED) is 0.305. The molecule has 5 heteroatoms. The van der Waals surface area contributed by atoms with Crippen LogP contribution in [0.4, 0.5) is 0 Å². The Morgan fingerprint density at radius 1 is 1.00 bits per heavy atom. The third-order valence-electron chi connectivity index (χ3n) is 0.608. The minimum absolute atomic E-state index is 0. The van der Waals surface area contributed by atoms with Gasteiger partial charge in [-0.05, 0) is 13.8 Å². The predicted octanol–water partition coefficient (Wildman–Crippen LogP) is -0.712. The van der Waals surface area contributed by atoms with Crippen LogP contribution < -0.4 is 0 Å². The lowest BCUT2D eigenvalue weighted by Crippen LogP contribution is -2.09. The number of carbonyl (C=O) groups excluding carboxylic acids is 2. The summed E-state index contributed by atoms with van der Waals surface area (Å²) in [7, 11) is 0. The molecule has 0 aromatic rings. The summed E-state index contributed by atoms with van der Waals surface area (Å²) in [5, 5.41) is 0. The standard InChI is InChI=1S/C6H10O4.H2O/c1-5(7)3-9-10-4-6(2)8;/h3-4H2,1-2H3;1H2. The number of hydrogen-bond donors (Lipinski definition) is 0. The highest BCUT2D eigenvalue weighted by molar-refractivity contribution is 5.77. The van der Waals surface area contributed by atoms with Crippen molar-refractivity contribution in [1.82, 2.24) is 0 Å². The van der Waals surface area contributed by atoms with Crippen LogP contribution in [-0.4, -0.2) is 30.3 Å². The van der Waals surface area contributed by atoms with Gasteiger partial charge in [0.05, 0.1) is 0 Å². The maximum Gasteiger partial charge on any atom is 0.158 e. The van der Waals surface area contributed by atoms with Gasteiger partial charge < -0.3 is 5.48 Å². The van der Waals surface area contributed by atoms with E-state index in [4.69, 9.17) is 0 Å². The Bertz CT molecular complexity index is 115. The monoisotopic (exact) mass is 164 g/mol. The van der Waals surface area contributed by atoms with E-state index in [1.165, 1.54) is 13.8 Å². The first kappa shape index (κ1) is 12.9. The van der Waals surface area contributed by atoms with Crippen molar-refractivity contribution in [2.75, 3.05) is 13.2 Å². The van der Waals surface area contributed by atoms with Gasteiger partial charge in [-0.15, -0.1) is 0 Å². The molecule has 0 aromatic heterocycles. The Kier molecular flexibility index (Phi) is 8.57. The minimum Gasteiger partial charge on any atom is -0.412 e. The first-order chi connectivity index (χ1) is 4.63. The molecule has 0 fully saturated rings. The van der Waals surface area contributed by atoms with Gasteiger partial charge in [0, 0.05) is 0 Å². The number of ketones is 2. The SMILES string of the molecule is CC(=O)COOCC(C)=O.O. The molecule has 0 aromatic carbocycles. The zero-order chi connectivity index (χ0) is 7.98. The van der Waals surface area contributed by atoms with Crippen LogP contribution in [0.15, 0.2) is 0 Å². The van der Waals surface area contributed by atoms with Gasteiger partial charge in [-0.1, -0.05) is 0 Å². The highest BCUT2D eigenvalue weighted by Crippen LogP contribution is 1.80. The molecule has 0 bridgehead atoms. The van der Waals surface area contributed by atoms with Crippen molar-refractivity contribution >= 4 is 11.6 Å².